The Kier molecular flexibility index (Phi) is 3.44. The Morgan fingerprint density at radius 3 is 2.68 bits per heavy atom. The minimum Gasteiger partial charge on any atom is -0.486 e. The number of para-hydroxylation sites is 1. The van der Waals surface area contributed by atoms with Crippen molar-refractivity contribution in [3.63, 3.8) is 0 Å². The third kappa shape index (κ3) is 2.56. The molecule has 0 atom stereocenters. The molecule has 3 aliphatic rings. The fourth-order valence-electron chi connectivity index (χ4n) is 4.12. The highest BCUT2D eigenvalue weighted by Crippen LogP contribution is 2.36. The second-order valence-electron chi connectivity index (χ2n) is 7.03. The summed E-state index contributed by atoms with van der Waals surface area (Å²) in [6, 6.07) is 13.7. The van der Waals surface area contributed by atoms with Gasteiger partial charge >= 0.3 is 0 Å². The molecule has 0 saturated carbocycles. The van der Waals surface area contributed by atoms with Crippen molar-refractivity contribution in [1.82, 2.24) is 4.90 Å². The van der Waals surface area contributed by atoms with Gasteiger partial charge in [-0.05, 0) is 43.4 Å². The Morgan fingerprint density at radius 1 is 1.08 bits per heavy atom. The second-order valence-corrected chi connectivity index (χ2v) is 7.03. The van der Waals surface area contributed by atoms with Crippen LogP contribution < -0.4 is 4.74 Å². The van der Waals surface area contributed by atoms with E-state index in [9.17, 15) is 4.39 Å². The van der Waals surface area contributed by atoms with Crippen LogP contribution in [0.25, 0.3) is 21.9 Å². The largest absolute Gasteiger partial charge is 0.486 e. The first kappa shape index (κ1) is 14.8. The summed E-state index contributed by atoms with van der Waals surface area (Å²) in [4.78, 5) is 2.18. The van der Waals surface area contributed by atoms with Crippen LogP contribution in [0.2, 0.25) is 0 Å². The normalized spacial score (nSPS) is 19.8. The molecule has 0 spiro atoms. The van der Waals surface area contributed by atoms with Crippen molar-refractivity contribution < 1.29 is 13.5 Å². The molecule has 6 rings (SSSR count). The molecule has 25 heavy (non-hydrogen) atoms. The highest BCUT2D eigenvalue weighted by atomic mass is 19.1. The topological polar surface area (TPSA) is 25.6 Å². The molecular weight excluding hydrogens is 317 g/mol. The predicted molar refractivity (Wildman–Crippen MR) is 96.3 cm³/mol. The number of furan rings is 1. The number of ether oxygens (including phenoxy) is 1. The minimum absolute atomic E-state index is 0.00963. The fraction of sp³-hybridized carbons (Fsp3) is 0.333. The van der Waals surface area contributed by atoms with Crippen LogP contribution in [0.5, 0.6) is 5.75 Å². The number of hydrogen-bond donors (Lipinski definition) is 0. The van der Waals surface area contributed by atoms with Crippen molar-refractivity contribution in [1.29, 1.82) is 0 Å². The summed E-state index contributed by atoms with van der Waals surface area (Å²) in [5.74, 6) is 1.16. The van der Waals surface area contributed by atoms with E-state index in [2.05, 4.69) is 4.90 Å². The number of hydrogen-bond acceptors (Lipinski definition) is 3. The fourth-order valence-corrected chi connectivity index (χ4v) is 4.12. The van der Waals surface area contributed by atoms with Crippen LogP contribution in [0.4, 0.5) is 4.39 Å². The maximum Gasteiger partial charge on any atom is 0.156 e. The van der Waals surface area contributed by atoms with E-state index >= 15 is 0 Å². The van der Waals surface area contributed by atoms with Gasteiger partial charge in [-0.2, -0.15) is 0 Å². The van der Waals surface area contributed by atoms with Crippen molar-refractivity contribution in [2.24, 2.45) is 5.92 Å². The molecule has 4 heteroatoms. The molecule has 128 valence electrons. The van der Waals surface area contributed by atoms with Crippen LogP contribution in [0.1, 0.15) is 19.3 Å². The first-order valence-corrected chi connectivity index (χ1v) is 8.94. The van der Waals surface area contributed by atoms with Gasteiger partial charge in [0.15, 0.2) is 5.83 Å². The number of benzene rings is 2. The number of rotatable bonds is 3. The van der Waals surface area contributed by atoms with Gasteiger partial charge < -0.3 is 14.1 Å². The van der Waals surface area contributed by atoms with E-state index in [1.165, 1.54) is 12.8 Å². The molecule has 1 aromatic heterocycles. The second kappa shape index (κ2) is 5.80. The number of piperidine rings is 3. The smallest absolute Gasteiger partial charge is 0.156 e. The molecule has 0 unspecified atom stereocenters. The number of allylic oxidation sites excluding steroid dienone is 1. The summed E-state index contributed by atoms with van der Waals surface area (Å²) in [6.07, 6.45) is 3.25. The average molecular weight is 337 g/mol. The zero-order chi connectivity index (χ0) is 16.8. The molecule has 4 heterocycles. The standard InChI is InChI=1S/C21H20FNO2/c22-18(19-11-14-7-9-23(19)10-8-14)13-24-15-5-6-17-16-3-1-2-4-20(16)25-21(17)12-15/h1-6,12,14H,7-11,13H2. The van der Waals surface area contributed by atoms with E-state index in [1.807, 2.05) is 42.5 Å². The molecule has 0 amide bonds. The lowest BCUT2D eigenvalue weighted by molar-refractivity contribution is 0.149. The summed E-state index contributed by atoms with van der Waals surface area (Å²) < 4.78 is 26.2. The van der Waals surface area contributed by atoms with Crippen molar-refractivity contribution in [3.8, 4) is 5.75 Å². The number of fused-ring (bicyclic) bond motifs is 6. The van der Waals surface area contributed by atoms with Gasteiger partial charge in [0.1, 0.15) is 23.5 Å². The summed E-state index contributed by atoms with van der Waals surface area (Å²) in [5.41, 5.74) is 2.48. The van der Waals surface area contributed by atoms with Crippen LogP contribution in [0, 0.1) is 5.92 Å². The van der Waals surface area contributed by atoms with E-state index in [4.69, 9.17) is 9.15 Å². The lowest BCUT2D eigenvalue weighted by atomic mass is 9.86. The summed E-state index contributed by atoms with van der Waals surface area (Å²) in [5, 5.41) is 2.14. The Labute approximate surface area is 145 Å². The molecule has 2 bridgehead atoms. The highest BCUT2D eigenvalue weighted by molar-refractivity contribution is 6.05. The first-order chi connectivity index (χ1) is 12.3. The van der Waals surface area contributed by atoms with Gasteiger partial charge in [0, 0.05) is 35.6 Å². The zero-order valence-electron chi connectivity index (χ0n) is 14.0. The van der Waals surface area contributed by atoms with Crippen molar-refractivity contribution >= 4 is 21.9 Å². The molecular formula is C21H20FNO2. The lowest BCUT2D eigenvalue weighted by Crippen LogP contribution is -2.40. The highest BCUT2D eigenvalue weighted by Gasteiger charge is 2.31. The molecule has 3 fully saturated rings. The zero-order valence-corrected chi connectivity index (χ0v) is 14.0. The lowest BCUT2D eigenvalue weighted by Gasteiger charge is -2.42. The van der Waals surface area contributed by atoms with E-state index in [1.54, 1.807) is 0 Å². The van der Waals surface area contributed by atoms with Gasteiger partial charge in [-0.3, -0.25) is 0 Å². The summed E-state index contributed by atoms with van der Waals surface area (Å²) in [7, 11) is 0. The third-order valence-corrected chi connectivity index (χ3v) is 5.51. The van der Waals surface area contributed by atoms with Crippen LogP contribution in [0.15, 0.2) is 58.4 Å². The SMILES string of the molecule is FC(COc1ccc2c(c1)oc1ccccc12)=C1CC2CCN1CC2. The summed E-state index contributed by atoms with van der Waals surface area (Å²) in [6.45, 7) is 1.96. The number of nitrogens with zero attached hydrogens (tertiary/aromatic N) is 1. The van der Waals surface area contributed by atoms with Crippen LogP contribution in [-0.4, -0.2) is 24.6 Å². The van der Waals surface area contributed by atoms with Crippen molar-refractivity contribution in [3.05, 3.63) is 54.0 Å². The van der Waals surface area contributed by atoms with Gasteiger partial charge in [0.25, 0.3) is 0 Å². The molecule has 3 aromatic rings. The Bertz CT molecular complexity index is 966. The maximum atomic E-state index is 14.6. The van der Waals surface area contributed by atoms with Crippen LogP contribution >= 0.6 is 0 Å². The van der Waals surface area contributed by atoms with Crippen molar-refractivity contribution in [2.75, 3.05) is 19.7 Å². The quantitative estimate of drug-likeness (QED) is 0.652. The predicted octanol–water partition coefficient (Wildman–Crippen LogP) is 5.26. The van der Waals surface area contributed by atoms with Gasteiger partial charge in [-0.1, -0.05) is 18.2 Å². The van der Waals surface area contributed by atoms with Crippen LogP contribution in [0.3, 0.4) is 0 Å². The Balaban J connectivity index is 1.38. The average Bonchev–Trinajstić information content (AvgIpc) is 3.04. The van der Waals surface area contributed by atoms with E-state index in [-0.39, 0.29) is 12.4 Å². The maximum absolute atomic E-state index is 14.6. The third-order valence-electron chi connectivity index (χ3n) is 5.51. The summed E-state index contributed by atoms with van der Waals surface area (Å²) >= 11 is 0. The Morgan fingerprint density at radius 2 is 1.88 bits per heavy atom. The monoisotopic (exact) mass is 337 g/mol. The minimum atomic E-state index is -0.130. The number of halogens is 1. The molecule has 0 radical (unpaired) electrons. The Hall–Kier alpha value is -2.49. The molecule has 3 aliphatic heterocycles. The van der Waals surface area contributed by atoms with E-state index < -0.39 is 0 Å². The molecule has 3 saturated heterocycles. The van der Waals surface area contributed by atoms with E-state index in [0.717, 1.165) is 47.1 Å². The molecule has 3 nitrogen and oxygen atoms in total. The first-order valence-electron chi connectivity index (χ1n) is 8.94. The van der Waals surface area contributed by atoms with Crippen molar-refractivity contribution in [2.45, 2.75) is 19.3 Å². The van der Waals surface area contributed by atoms with Gasteiger partial charge in [0.05, 0.1) is 0 Å². The molecule has 0 aliphatic carbocycles. The van der Waals surface area contributed by atoms with Gasteiger partial charge in [-0.25, -0.2) is 4.39 Å². The molecule has 0 N–H and O–H groups in total. The van der Waals surface area contributed by atoms with E-state index in [0.29, 0.717) is 11.7 Å². The molecule has 2 aromatic carbocycles. The van der Waals surface area contributed by atoms with Crippen LogP contribution in [-0.2, 0) is 0 Å². The van der Waals surface area contributed by atoms with Gasteiger partial charge in [-0.15, -0.1) is 0 Å². The van der Waals surface area contributed by atoms with Gasteiger partial charge in [0.2, 0.25) is 0 Å².